The van der Waals surface area contributed by atoms with Crippen LogP contribution in [0.3, 0.4) is 0 Å². The second-order valence-electron chi connectivity index (χ2n) is 12.0. The number of allylic oxidation sites excluding steroid dienone is 1. The Balaban J connectivity index is 1.49. The lowest BCUT2D eigenvalue weighted by Crippen LogP contribution is -2.51. The molecule has 4 nitrogen and oxygen atoms in total. The van der Waals surface area contributed by atoms with Crippen LogP contribution in [-0.4, -0.2) is 36.3 Å². The van der Waals surface area contributed by atoms with E-state index in [2.05, 4.69) is 33.8 Å². The minimum atomic E-state index is -0.122. The molecule has 176 valence electrons. The van der Waals surface area contributed by atoms with E-state index in [1.54, 1.807) is 19.7 Å². The van der Waals surface area contributed by atoms with Gasteiger partial charge in [-0.3, -0.25) is 9.63 Å². The van der Waals surface area contributed by atoms with Crippen LogP contribution in [0.1, 0.15) is 85.5 Å². The van der Waals surface area contributed by atoms with Crippen LogP contribution in [0, 0.1) is 46.3 Å². The molecule has 3 saturated carbocycles. The van der Waals surface area contributed by atoms with E-state index in [0.717, 1.165) is 43.4 Å². The number of aliphatic hydroxyl groups is 1. The topological polar surface area (TPSA) is 49.8 Å². The molecule has 3 fully saturated rings. The fourth-order valence-corrected chi connectivity index (χ4v) is 8.84. The van der Waals surface area contributed by atoms with Crippen LogP contribution < -0.4 is 0 Å². The van der Waals surface area contributed by atoms with Crippen molar-refractivity contribution in [3.8, 4) is 0 Å². The van der Waals surface area contributed by atoms with E-state index in [1.165, 1.54) is 37.2 Å². The van der Waals surface area contributed by atoms with Crippen molar-refractivity contribution in [2.45, 2.75) is 91.6 Å². The van der Waals surface area contributed by atoms with Gasteiger partial charge in [0.25, 0.3) is 0 Å². The third kappa shape index (κ3) is 3.80. The van der Waals surface area contributed by atoms with E-state index in [4.69, 9.17) is 4.84 Å². The molecule has 4 heteroatoms. The predicted molar refractivity (Wildman–Crippen MR) is 124 cm³/mol. The first kappa shape index (κ1) is 23.3. The molecule has 0 radical (unpaired) electrons. The zero-order valence-corrected chi connectivity index (χ0v) is 20.7. The van der Waals surface area contributed by atoms with Crippen molar-refractivity contribution in [1.82, 2.24) is 5.06 Å². The van der Waals surface area contributed by atoms with E-state index in [1.807, 2.05) is 0 Å². The molecule has 1 N–H and O–H groups in total. The third-order valence-corrected chi connectivity index (χ3v) is 10.6. The maximum absolute atomic E-state index is 12.5. The maximum atomic E-state index is 12.5. The average Bonchev–Trinajstić information content (AvgIpc) is 3.10. The second-order valence-corrected chi connectivity index (χ2v) is 12.0. The van der Waals surface area contributed by atoms with Gasteiger partial charge in [-0.25, -0.2) is 5.06 Å². The Morgan fingerprint density at radius 2 is 1.94 bits per heavy atom. The molecular weight excluding hydrogens is 386 g/mol. The highest BCUT2D eigenvalue weighted by Gasteiger charge is 2.59. The number of hydrogen-bond donors (Lipinski definition) is 1. The number of carbonyl (C=O) groups excluding carboxylic acids is 1. The second kappa shape index (κ2) is 8.48. The highest BCUT2D eigenvalue weighted by atomic mass is 16.7. The van der Waals surface area contributed by atoms with Gasteiger partial charge in [-0.1, -0.05) is 39.3 Å². The van der Waals surface area contributed by atoms with Crippen LogP contribution in [0.5, 0.6) is 0 Å². The van der Waals surface area contributed by atoms with Gasteiger partial charge >= 0.3 is 0 Å². The monoisotopic (exact) mass is 431 g/mol. The van der Waals surface area contributed by atoms with Gasteiger partial charge in [-0.15, -0.1) is 0 Å². The minimum Gasteiger partial charge on any atom is -0.393 e. The Morgan fingerprint density at radius 1 is 1.19 bits per heavy atom. The molecule has 4 aliphatic carbocycles. The summed E-state index contributed by atoms with van der Waals surface area (Å²) in [5.74, 6) is 3.79. The molecule has 0 aliphatic heterocycles. The highest BCUT2D eigenvalue weighted by molar-refractivity contribution is 5.77. The summed E-state index contributed by atoms with van der Waals surface area (Å²) in [4.78, 5) is 17.7. The lowest BCUT2D eigenvalue weighted by molar-refractivity contribution is -0.173. The molecule has 4 rings (SSSR count). The minimum absolute atomic E-state index is 0.00619. The molecule has 0 bridgehead atoms. The van der Waals surface area contributed by atoms with Crippen molar-refractivity contribution in [3.63, 3.8) is 0 Å². The Bertz CT molecular complexity index is 719. The first-order chi connectivity index (χ1) is 14.6. The molecule has 9 atom stereocenters. The summed E-state index contributed by atoms with van der Waals surface area (Å²) in [5, 5.41) is 11.6. The first-order valence-electron chi connectivity index (χ1n) is 12.8. The average molecular weight is 432 g/mol. The number of amides is 1. The Hall–Kier alpha value is -0.870. The molecular formula is C27H45NO3. The van der Waals surface area contributed by atoms with Gasteiger partial charge < -0.3 is 5.11 Å². The smallest absolute Gasteiger partial charge is 0.248 e. The Labute approximate surface area is 189 Å². The van der Waals surface area contributed by atoms with E-state index in [-0.39, 0.29) is 17.9 Å². The number of rotatable bonds is 5. The van der Waals surface area contributed by atoms with E-state index >= 15 is 0 Å². The first-order valence-corrected chi connectivity index (χ1v) is 12.8. The van der Waals surface area contributed by atoms with Crippen molar-refractivity contribution in [2.24, 2.45) is 46.3 Å². The van der Waals surface area contributed by atoms with Gasteiger partial charge in [0.2, 0.25) is 5.91 Å². The number of aliphatic hydroxyl groups excluding tert-OH is 1. The van der Waals surface area contributed by atoms with Crippen molar-refractivity contribution in [3.05, 3.63) is 11.6 Å². The zero-order valence-electron chi connectivity index (χ0n) is 20.7. The Morgan fingerprint density at radius 3 is 2.65 bits per heavy atom. The number of nitrogens with zero attached hydrogens (tertiary/aromatic N) is 1. The Kier molecular flexibility index (Phi) is 6.37. The molecule has 0 heterocycles. The van der Waals surface area contributed by atoms with Crippen molar-refractivity contribution in [2.75, 3.05) is 14.2 Å². The van der Waals surface area contributed by atoms with E-state index in [0.29, 0.717) is 22.7 Å². The molecule has 0 aromatic rings. The SMILES string of the molecule is CON(C)C(=O)C(C)CC(C)[C@H]1CC[C@H]2[C@@H]3CC=C4C[C@@H](O)CC[C@]4(C)[C@H]3CC[C@]12C. The van der Waals surface area contributed by atoms with Crippen LogP contribution in [0.15, 0.2) is 11.6 Å². The largest absolute Gasteiger partial charge is 0.393 e. The predicted octanol–water partition coefficient (Wildman–Crippen LogP) is 5.61. The van der Waals surface area contributed by atoms with Gasteiger partial charge in [-0.05, 0) is 98.2 Å². The number of hydroxylamine groups is 2. The van der Waals surface area contributed by atoms with Crippen molar-refractivity contribution in [1.29, 1.82) is 0 Å². The van der Waals surface area contributed by atoms with E-state index < -0.39 is 0 Å². The van der Waals surface area contributed by atoms with Crippen LogP contribution in [0.2, 0.25) is 0 Å². The van der Waals surface area contributed by atoms with Crippen LogP contribution in [0.4, 0.5) is 0 Å². The highest BCUT2D eigenvalue weighted by Crippen LogP contribution is 2.67. The summed E-state index contributed by atoms with van der Waals surface area (Å²) in [5.41, 5.74) is 2.29. The van der Waals surface area contributed by atoms with Crippen molar-refractivity contribution >= 4 is 5.91 Å². The number of carbonyl (C=O) groups is 1. The fraction of sp³-hybridized carbons (Fsp3) is 0.889. The third-order valence-electron chi connectivity index (χ3n) is 10.6. The molecule has 4 aliphatic rings. The summed E-state index contributed by atoms with van der Waals surface area (Å²) < 4.78 is 0. The van der Waals surface area contributed by atoms with Crippen LogP contribution in [0.25, 0.3) is 0 Å². The molecule has 31 heavy (non-hydrogen) atoms. The molecule has 0 aromatic carbocycles. The van der Waals surface area contributed by atoms with Gasteiger partial charge in [0, 0.05) is 13.0 Å². The van der Waals surface area contributed by atoms with Crippen LogP contribution in [-0.2, 0) is 9.63 Å². The lowest BCUT2D eigenvalue weighted by atomic mass is 9.47. The van der Waals surface area contributed by atoms with Crippen molar-refractivity contribution < 1.29 is 14.7 Å². The summed E-state index contributed by atoms with van der Waals surface area (Å²) in [6.07, 6.45) is 13.0. The molecule has 0 aromatic heterocycles. The quantitative estimate of drug-likeness (QED) is 0.455. The summed E-state index contributed by atoms with van der Waals surface area (Å²) in [7, 11) is 3.28. The van der Waals surface area contributed by atoms with Gasteiger partial charge in [0.15, 0.2) is 0 Å². The number of fused-ring (bicyclic) bond motifs is 5. The van der Waals surface area contributed by atoms with Crippen LogP contribution >= 0.6 is 0 Å². The summed E-state index contributed by atoms with van der Waals surface area (Å²) >= 11 is 0. The standard InChI is InChI=1S/C27H45NO3/c1-17(15-18(2)25(30)28(5)31-6)22-9-10-23-21-8-7-19-16-20(29)11-13-26(19,3)24(21)12-14-27(22,23)4/h7,17-18,20-24,29H,8-16H2,1-6H3/t17?,18?,20-,21-,22+,23-,24-,26-,27+/m0/s1. The lowest BCUT2D eigenvalue weighted by Gasteiger charge is -2.58. The molecule has 1 amide bonds. The summed E-state index contributed by atoms with van der Waals surface area (Å²) in [6.45, 7) is 9.55. The van der Waals surface area contributed by atoms with Gasteiger partial charge in [0.05, 0.1) is 13.2 Å². The zero-order chi connectivity index (χ0) is 22.6. The van der Waals surface area contributed by atoms with E-state index in [9.17, 15) is 9.90 Å². The molecule has 0 saturated heterocycles. The number of hydrogen-bond acceptors (Lipinski definition) is 3. The van der Waals surface area contributed by atoms with Gasteiger partial charge in [-0.2, -0.15) is 0 Å². The molecule has 2 unspecified atom stereocenters. The molecule has 0 spiro atoms. The fourth-order valence-electron chi connectivity index (χ4n) is 8.84. The summed E-state index contributed by atoms with van der Waals surface area (Å²) in [6, 6.07) is 0. The normalized spacial score (nSPS) is 43.8. The van der Waals surface area contributed by atoms with Gasteiger partial charge in [0.1, 0.15) is 0 Å². The maximum Gasteiger partial charge on any atom is 0.248 e.